The van der Waals surface area contributed by atoms with Gasteiger partial charge in [0.15, 0.2) is 0 Å². The molecule has 0 saturated heterocycles. The third-order valence-electron chi connectivity index (χ3n) is 1.65. The summed E-state index contributed by atoms with van der Waals surface area (Å²) in [7, 11) is 0. The van der Waals surface area contributed by atoms with Gasteiger partial charge in [0.2, 0.25) is 0 Å². The molecule has 0 radical (unpaired) electrons. The number of hydrogen-bond acceptors (Lipinski definition) is 3. The van der Waals surface area contributed by atoms with Crippen LogP contribution in [0.1, 0.15) is 11.6 Å². The van der Waals surface area contributed by atoms with Gasteiger partial charge in [-0.15, -0.1) is 0 Å². The summed E-state index contributed by atoms with van der Waals surface area (Å²) in [6.45, 7) is -0.0914. The van der Waals surface area contributed by atoms with Crippen molar-refractivity contribution in [1.82, 2.24) is 0 Å². The molecule has 4 heteroatoms. The molecule has 0 amide bonds. The van der Waals surface area contributed by atoms with E-state index in [1.165, 1.54) is 0 Å². The second-order valence-electron chi connectivity index (χ2n) is 2.56. The Morgan fingerprint density at radius 1 is 1.50 bits per heavy atom. The molecule has 0 spiro atoms. The molecule has 1 aromatic carbocycles. The Kier molecular flexibility index (Phi) is 3.08. The standard InChI is InChI=1S/C8H11BrN2O/c9-5-1-2-6(7(10)3-5)8(11)4-12/h1-3,8,12H,4,10-11H2/t8-/m0/s1. The maximum absolute atomic E-state index is 8.79. The van der Waals surface area contributed by atoms with Crippen molar-refractivity contribution in [3.8, 4) is 0 Å². The summed E-state index contributed by atoms with van der Waals surface area (Å²) >= 11 is 3.28. The Labute approximate surface area is 79.5 Å². The summed E-state index contributed by atoms with van der Waals surface area (Å²) in [5, 5.41) is 8.79. The Morgan fingerprint density at radius 3 is 2.67 bits per heavy atom. The van der Waals surface area contributed by atoms with Gasteiger partial charge in [-0.1, -0.05) is 22.0 Å². The summed E-state index contributed by atoms with van der Waals surface area (Å²) in [5.41, 5.74) is 12.7. The molecule has 0 aliphatic rings. The Hall–Kier alpha value is -0.580. The van der Waals surface area contributed by atoms with E-state index in [0.29, 0.717) is 5.69 Å². The van der Waals surface area contributed by atoms with Gasteiger partial charge in [-0.3, -0.25) is 0 Å². The lowest BCUT2D eigenvalue weighted by atomic mass is 10.1. The highest BCUT2D eigenvalue weighted by molar-refractivity contribution is 9.10. The molecule has 0 aliphatic carbocycles. The molecule has 1 aromatic rings. The smallest absolute Gasteiger partial charge is 0.0625 e. The number of nitrogen functional groups attached to an aromatic ring is 1. The van der Waals surface area contributed by atoms with Gasteiger partial charge in [0, 0.05) is 10.2 Å². The highest BCUT2D eigenvalue weighted by atomic mass is 79.9. The van der Waals surface area contributed by atoms with Crippen LogP contribution >= 0.6 is 15.9 Å². The fourth-order valence-corrected chi connectivity index (χ4v) is 1.36. The number of hydrogen-bond donors (Lipinski definition) is 3. The number of benzene rings is 1. The molecule has 66 valence electrons. The van der Waals surface area contributed by atoms with Gasteiger partial charge in [-0.2, -0.15) is 0 Å². The van der Waals surface area contributed by atoms with Crippen molar-refractivity contribution >= 4 is 21.6 Å². The third kappa shape index (κ3) is 1.97. The zero-order valence-electron chi connectivity index (χ0n) is 6.50. The van der Waals surface area contributed by atoms with E-state index in [2.05, 4.69) is 15.9 Å². The molecule has 12 heavy (non-hydrogen) atoms. The maximum Gasteiger partial charge on any atom is 0.0625 e. The summed E-state index contributed by atoms with van der Waals surface area (Å²) in [6, 6.07) is 5.03. The third-order valence-corrected chi connectivity index (χ3v) is 2.14. The van der Waals surface area contributed by atoms with Crippen LogP contribution in [0.25, 0.3) is 0 Å². The van der Waals surface area contributed by atoms with E-state index in [4.69, 9.17) is 16.6 Å². The molecule has 3 nitrogen and oxygen atoms in total. The highest BCUT2D eigenvalue weighted by Crippen LogP contribution is 2.22. The van der Waals surface area contributed by atoms with E-state index >= 15 is 0 Å². The molecule has 0 aliphatic heterocycles. The Morgan fingerprint density at radius 2 is 2.17 bits per heavy atom. The minimum atomic E-state index is -0.391. The van der Waals surface area contributed by atoms with Crippen molar-refractivity contribution in [1.29, 1.82) is 0 Å². The average molecular weight is 231 g/mol. The molecule has 0 bridgehead atoms. The molecule has 0 unspecified atom stereocenters. The van der Waals surface area contributed by atoms with Gasteiger partial charge in [-0.25, -0.2) is 0 Å². The van der Waals surface area contributed by atoms with Crippen molar-refractivity contribution in [2.24, 2.45) is 5.73 Å². The van der Waals surface area contributed by atoms with Gasteiger partial charge in [-0.05, 0) is 17.7 Å². The molecule has 1 rings (SSSR count). The first-order chi connectivity index (χ1) is 5.65. The molecular formula is C8H11BrN2O. The van der Waals surface area contributed by atoms with Crippen LogP contribution in [-0.4, -0.2) is 11.7 Å². The lowest BCUT2D eigenvalue weighted by molar-refractivity contribution is 0.268. The van der Waals surface area contributed by atoms with Gasteiger partial charge >= 0.3 is 0 Å². The van der Waals surface area contributed by atoms with Crippen LogP contribution in [0, 0.1) is 0 Å². The quantitative estimate of drug-likeness (QED) is 0.665. The van der Waals surface area contributed by atoms with Gasteiger partial charge in [0.1, 0.15) is 0 Å². The second-order valence-corrected chi connectivity index (χ2v) is 3.48. The van der Waals surface area contributed by atoms with E-state index in [9.17, 15) is 0 Å². The van der Waals surface area contributed by atoms with E-state index in [0.717, 1.165) is 10.0 Å². The predicted molar refractivity (Wildman–Crippen MR) is 52.6 cm³/mol. The average Bonchev–Trinajstić information content (AvgIpc) is 2.03. The van der Waals surface area contributed by atoms with Crippen molar-refractivity contribution in [2.75, 3.05) is 12.3 Å². The molecule has 0 aromatic heterocycles. The molecular weight excluding hydrogens is 220 g/mol. The predicted octanol–water partition coefficient (Wildman–Crippen LogP) is 1.02. The zero-order chi connectivity index (χ0) is 9.14. The topological polar surface area (TPSA) is 72.3 Å². The van der Waals surface area contributed by atoms with E-state index in [-0.39, 0.29) is 6.61 Å². The lowest BCUT2D eigenvalue weighted by Crippen LogP contribution is -2.16. The van der Waals surface area contributed by atoms with E-state index in [1.807, 2.05) is 6.07 Å². The van der Waals surface area contributed by atoms with Crippen molar-refractivity contribution in [3.63, 3.8) is 0 Å². The van der Waals surface area contributed by atoms with Gasteiger partial charge in [0.05, 0.1) is 12.6 Å². The van der Waals surface area contributed by atoms with Crippen LogP contribution in [0.2, 0.25) is 0 Å². The lowest BCUT2D eigenvalue weighted by Gasteiger charge is -2.11. The molecule has 5 N–H and O–H groups in total. The van der Waals surface area contributed by atoms with Crippen LogP contribution in [0.5, 0.6) is 0 Å². The second kappa shape index (κ2) is 3.89. The SMILES string of the molecule is Nc1cc(Br)ccc1[C@@H](N)CO. The van der Waals surface area contributed by atoms with E-state index < -0.39 is 6.04 Å². The number of rotatable bonds is 2. The number of anilines is 1. The zero-order valence-corrected chi connectivity index (χ0v) is 8.08. The van der Waals surface area contributed by atoms with Crippen molar-refractivity contribution < 1.29 is 5.11 Å². The molecule has 1 atom stereocenters. The summed E-state index contributed by atoms with van der Waals surface area (Å²) < 4.78 is 0.911. The largest absolute Gasteiger partial charge is 0.398 e. The fourth-order valence-electron chi connectivity index (χ4n) is 0.982. The Balaban J connectivity index is 3.01. The normalized spacial score (nSPS) is 12.9. The summed E-state index contributed by atoms with van der Waals surface area (Å²) in [4.78, 5) is 0. The van der Waals surface area contributed by atoms with Crippen molar-refractivity contribution in [3.05, 3.63) is 28.2 Å². The number of aliphatic hydroxyl groups excluding tert-OH is 1. The number of nitrogens with two attached hydrogens (primary N) is 2. The summed E-state index contributed by atoms with van der Waals surface area (Å²) in [5.74, 6) is 0. The molecule has 0 saturated carbocycles. The highest BCUT2D eigenvalue weighted by Gasteiger charge is 2.07. The number of halogens is 1. The molecule has 0 heterocycles. The molecule has 0 fully saturated rings. The minimum absolute atomic E-state index is 0.0914. The van der Waals surface area contributed by atoms with Crippen LogP contribution in [-0.2, 0) is 0 Å². The summed E-state index contributed by atoms with van der Waals surface area (Å²) in [6.07, 6.45) is 0. The monoisotopic (exact) mass is 230 g/mol. The van der Waals surface area contributed by atoms with Crippen LogP contribution < -0.4 is 11.5 Å². The van der Waals surface area contributed by atoms with Crippen LogP contribution in [0.4, 0.5) is 5.69 Å². The van der Waals surface area contributed by atoms with Crippen LogP contribution in [0.15, 0.2) is 22.7 Å². The first-order valence-corrected chi connectivity index (χ1v) is 4.36. The Bertz CT molecular complexity index is 278. The maximum atomic E-state index is 8.79. The van der Waals surface area contributed by atoms with Gasteiger partial charge < -0.3 is 16.6 Å². The van der Waals surface area contributed by atoms with E-state index in [1.54, 1.807) is 12.1 Å². The number of aliphatic hydroxyl groups is 1. The fraction of sp³-hybridized carbons (Fsp3) is 0.250. The van der Waals surface area contributed by atoms with Crippen molar-refractivity contribution in [2.45, 2.75) is 6.04 Å². The first-order valence-electron chi connectivity index (χ1n) is 3.56. The minimum Gasteiger partial charge on any atom is -0.398 e. The van der Waals surface area contributed by atoms with Gasteiger partial charge in [0.25, 0.3) is 0 Å². The first kappa shape index (κ1) is 9.51. The van der Waals surface area contributed by atoms with Crippen LogP contribution in [0.3, 0.4) is 0 Å².